The minimum absolute atomic E-state index is 0.162. The standard InChI is InChI=1S/C17H12FNO3/c1-22-12-5-2-10(3-6-12)16(20)9-14-13-8-11(18)4-7-15(13)19-17(14)21/h2-9H,1H3,(H,19,21)/b14-9-. The van der Waals surface area contributed by atoms with Crippen molar-refractivity contribution in [3.63, 3.8) is 0 Å². The van der Waals surface area contributed by atoms with Crippen molar-refractivity contribution in [1.82, 2.24) is 0 Å². The van der Waals surface area contributed by atoms with Gasteiger partial charge in [0.15, 0.2) is 5.78 Å². The molecule has 1 N–H and O–H groups in total. The summed E-state index contributed by atoms with van der Waals surface area (Å²) >= 11 is 0. The molecule has 0 spiro atoms. The van der Waals surface area contributed by atoms with Gasteiger partial charge in [0.05, 0.1) is 12.7 Å². The summed E-state index contributed by atoms with van der Waals surface area (Å²) in [4.78, 5) is 24.2. The molecule has 0 unspecified atom stereocenters. The highest BCUT2D eigenvalue weighted by Gasteiger charge is 2.25. The Balaban J connectivity index is 1.96. The number of ketones is 1. The average molecular weight is 297 g/mol. The molecule has 0 saturated carbocycles. The normalized spacial score (nSPS) is 14.6. The molecule has 0 fully saturated rings. The molecule has 3 rings (SSSR count). The third-order valence-corrected chi connectivity index (χ3v) is 3.41. The number of halogens is 1. The molecule has 4 nitrogen and oxygen atoms in total. The number of allylic oxidation sites excluding steroid dienone is 1. The third-order valence-electron chi connectivity index (χ3n) is 3.41. The van der Waals surface area contributed by atoms with Crippen molar-refractivity contribution in [2.45, 2.75) is 0 Å². The smallest absolute Gasteiger partial charge is 0.256 e. The van der Waals surface area contributed by atoms with Gasteiger partial charge in [-0.25, -0.2) is 4.39 Å². The predicted octanol–water partition coefficient (Wildman–Crippen LogP) is 3.05. The van der Waals surface area contributed by atoms with Crippen molar-refractivity contribution in [1.29, 1.82) is 0 Å². The zero-order valence-electron chi connectivity index (χ0n) is 11.7. The van der Waals surface area contributed by atoms with Crippen LogP contribution in [-0.2, 0) is 4.79 Å². The second-order valence-corrected chi connectivity index (χ2v) is 4.79. The van der Waals surface area contributed by atoms with Crippen molar-refractivity contribution in [3.05, 3.63) is 65.5 Å². The highest BCUT2D eigenvalue weighted by molar-refractivity contribution is 6.35. The summed E-state index contributed by atoms with van der Waals surface area (Å²) in [5.74, 6) is -0.569. The molecular formula is C17H12FNO3. The first-order valence-corrected chi connectivity index (χ1v) is 6.60. The van der Waals surface area contributed by atoms with Gasteiger partial charge in [0.1, 0.15) is 11.6 Å². The lowest BCUT2D eigenvalue weighted by molar-refractivity contribution is -0.110. The van der Waals surface area contributed by atoms with Crippen LogP contribution in [0.25, 0.3) is 5.57 Å². The minimum atomic E-state index is -0.460. The van der Waals surface area contributed by atoms with Crippen LogP contribution in [0.15, 0.2) is 48.5 Å². The van der Waals surface area contributed by atoms with Crippen molar-refractivity contribution < 1.29 is 18.7 Å². The number of hydrogen-bond donors (Lipinski definition) is 1. The number of rotatable bonds is 3. The Morgan fingerprint density at radius 1 is 1.18 bits per heavy atom. The molecule has 1 aliphatic heterocycles. The summed E-state index contributed by atoms with van der Waals surface area (Å²) < 4.78 is 18.4. The van der Waals surface area contributed by atoms with Crippen molar-refractivity contribution >= 4 is 23.0 Å². The van der Waals surface area contributed by atoms with Crippen LogP contribution in [0.5, 0.6) is 5.75 Å². The van der Waals surface area contributed by atoms with E-state index in [-0.39, 0.29) is 11.4 Å². The van der Waals surface area contributed by atoms with E-state index in [0.29, 0.717) is 22.6 Å². The molecule has 0 bridgehead atoms. The number of nitrogens with one attached hydrogen (secondary N) is 1. The van der Waals surface area contributed by atoms with Gasteiger partial charge in [-0.2, -0.15) is 0 Å². The zero-order chi connectivity index (χ0) is 15.7. The van der Waals surface area contributed by atoms with E-state index in [2.05, 4.69) is 5.32 Å². The van der Waals surface area contributed by atoms with E-state index >= 15 is 0 Å². The van der Waals surface area contributed by atoms with Gasteiger partial charge in [-0.1, -0.05) is 0 Å². The Bertz CT molecular complexity index is 794. The lowest BCUT2D eigenvalue weighted by Gasteiger charge is -2.01. The maximum absolute atomic E-state index is 13.3. The fourth-order valence-corrected chi connectivity index (χ4v) is 2.27. The molecule has 2 aromatic carbocycles. The highest BCUT2D eigenvalue weighted by atomic mass is 19.1. The fraction of sp³-hybridized carbons (Fsp3) is 0.0588. The number of hydrogen-bond acceptors (Lipinski definition) is 3. The van der Waals surface area contributed by atoms with Gasteiger partial charge in [0, 0.05) is 16.8 Å². The first kappa shape index (κ1) is 14.0. The van der Waals surface area contributed by atoms with E-state index in [1.807, 2.05) is 0 Å². The summed E-state index contributed by atoms with van der Waals surface area (Å²) in [5.41, 5.74) is 1.48. The molecule has 2 aromatic rings. The first-order valence-electron chi connectivity index (χ1n) is 6.60. The number of benzene rings is 2. The van der Waals surface area contributed by atoms with Crippen LogP contribution in [0, 0.1) is 5.82 Å². The Morgan fingerprint density at radius 3 is 2.59 bits per heavy atom. The molecule has 1 heterocycles. The van der Waals surface area contributed by atoms with Gasteiger partial charge in [-0.05, 0) is 48.5 Å². The van der Waals surface area contributed by atoms with Gasteiger partial charge in [-0.15, -0.1) is 0 Å². The van der Waals surface area contributed by atoms with Crippen LogP contribution in [0.3, 0.4) is 0 Å². The Hall–Kier alpha value is -2.95. The van der Waals surface area contributed by atoms with E-state index < -0.39 is 11.7 Å². The number of methoxy groups -OCH3 is 1. The van der Waals surface area contributed by atoms with Crippen molar-refractivity contribution in [3.8, 4) is 5.75 Å². The monoisotopic (exact) mass is 297 g/mol. The summed E-state index contributed by atoms with van der Waals surface area (Å²) in [7, 11) is 1.53. The summed E-state index contributed by atoms with van der Waals surface area (Å²) in [6.07, 6.45) is 1.22. The Morgan fingerprint density at radius 2 is 1.91 bits per heavy atom. The highest BCUT2D eigenvalue weighted by Crippen LogP contribution is 2.32. The quantitative estimate of drug-likeness (QED) is 0.700. The summed E-state index contributed by atoms with van der Waals surface area (Å²) in [6, 6.07) is 10.5. The van der Waals surface area contributed by atoms with E-state index in [0.717, 1.165) is 0 Å². The van der Waals surface area contributed by atoms with Crippen LogP contribution in [0.2, 0.25) is 0 Å². The molecule has 5 heteroatoms. The van der Waals surface area contributed by atoms with Gasteiger partial charge < -0.3 is 10.1 Å². The second kappa shape index (κ2) is 5.44. The van der Waals surface area contributed by atoms with Gasteiger partial charge in [0.2, 0.25) is 0 Å². The number of carbonyl (C=O) groups is 2. The number of ether oxygens (including phenoxy) is 1. The van der Waals surface area contributed by atoms with E-state index in [9.17, 15) is 14.0 Å². The second-order valence-electron chi connectivity index (χ2n) is 4.79. The molecule has 0 atom stereocenters. The van der Waals surface area contributed by atoms with E-state index in [4.69, 9.17) is 4.74 Å². The molecule has 0 radical (unpaired) electrons. The average Bonchev–Trinajstić information content (AvgIpc) is 2.83. The lowest BCUT2D eigenvalue weighted by Crippen LogP contribution is -2.06. The molecule has 0 saturated heterocycles. The van der Waals surface area contributed by atoms with E-state index in [1.165, 1.54) is 31.4 Å². The molecule has 1 aliphatic rings. The van der Waals surface area contributed by atoms with Gasteiger partial charge in [-0.3, -0.25) is 9.59 Å². The van der Waals surface area contributed by atoms with Crippen LogP contribution in [-0.4, -0.2) is 18.8 Å². The number of amides is 1. The maximum atomic E-state index is 13.3. The third kappa shape index (κ3) is 2.48. The maximum Gasteiger partial charge on any atom is 0.256 e. The molecule has 1 amide bonds. The molecule has 22 heavy (non-hydrogen) atoms. The molecule has 0 aliphatic carbocycles. The van der Waals surface area contributed by atoms with Crippen molar-refractivity contribution in [2.75, 3.05) is 12.4 Å². The van der Waals surface area contributed by atoms with Crippen LogP contribution in [0.1, 0.15) is 15.9 Å². The lowest BCUT2D eigenvalue weighted by atomic mass is 10.0. The summed E-state index contributed by atoms with van der Waals surface area (Å²) in [5, 5.41) is 2.60. The SMILES string of the molecule is COc1ccc(C(=O)/C=C2\C(=O)Nc3ccc(F)cc32)cc1. The van der Waals surface area contributed by atoms with Crippen molar-refractivity contribution in [2.24, 2.45) is 0 Å². The molecular weight excluding hydrogens is 285 g/mol. The van der Waals surface area contributed by atoms with Gasteiger partial charge >= 0.3 is 0 Å². The topological polar surface area (TPSA) is 55.4 Å². The Labute approximate surface area is 126 Å². The van der Waals surface area contributed by atoms with Crippen LogP contribution < -0.4 is 10.1 Å². The molecule has 0 aromatic heterocycles. The number of anilines is 1. The van der Waals surface area contributed by atoms with Crippen LogP contribution >= 0.6 is 0 Å². The minimum Gasteiger partial charge on any atom is -0.497 e. The zero-order valence-corrected chi connectivity index (χ0v) is 11.7. The van der Waals surface area contributed by atoms with Crippen LogP contribution in [0.4, 0.5) is 10.1 Å². The largest absolute Gasteiger partial charge is 0.497 e. The van der Waals surface area contributed by atoms with Gasteiger partial charge in [0.25, 0.3) is 5.91 Å². The number of carbonyl (C=O) groups excluding carboxylic acids is 2. The molecule has 110 valence electrons. The fourth-order valence-electron chi connectivity index (χ4n) is 2.27. The number of fused-ring (bicyclic) bond motifs is 1. The predicted molar refractivity (Wildman–Crippen MR) is 80.3 cm³/mol. The summed E-state index contributed by atoms with van der Waals surface area (Å²) in [6.45, 7) is 0. The Kier molecular flexibility index (Phi) is 3.47. The first-order chi connectivity index (χ1) is 10.6. The van der Waals surface area contributed by atoms with E-state index in [1.54, 1.807) is 24.3 Å².